The summed E-state index contributed by atoms with van der Waals surface area (Å²) in [6.07, 6.45) is 0. The Kier molecular flexibility index (Phi) is 2.56. The molecule has 0 atom stereocenters. The number of imidazole rings is 1. The molecule has 0 aliphatic heterocycles. The predicted molar refractivity (Wildman–Crippen MR) is 80.2 cm³/mol. The highest BCUT2D eigenvalue weighted by Gasteiger charge is 2.12. The summed E-state index contributed by atoms with van der Waals surface area (Å²) in [5.41, 5.74) is 13.5. The van der Waals surface area contributed by atoms with Crippen LogP contribution in [0.15, 0.2) is 30.3 Å². The lowest BCUT2D eigenvalue weighted by Crippen LogP contribution is -1.93. The Bertz CT molecular complexity index is 749. The summed E-state index contributed by atoms with van der Waals surface area (Å²) >= 11 is 0. The highest BCUT2D eigenvalue weighted by molar-refractivity contribution is 5.86. The summed E-state index contributed by atoms with van der Waals surface area (Å²) in [5.74, 6) is 0.847. The molecule has 3 aromatic rings. The Morgan fingerprint density at radius 3 is 2.58 bits per heavy atom. The van der Waals surface area contributed by atoms with Crippen LogP contribution >= 0.6 is 0 Å². The van der Waals surface area contributed by atoms with Crippen molar-refractivity contribution in [3.8, 4) is 11.4 Å². The van der Waals surface area contributed by atoms with Crippen molar-refractivity contribution in [3.63, 3.8) is 0 Å². The number of hydrogen-bond donors (Lipinski definition) is 2. The topological polar surface area (TPSA) is 54.7 Å². The maximum Gasteiger partial charge on any atom is 0.140 e. The number of aromatic nitrogens is 2. The van der Waals surface area contributed by atoms with Crippen LogP contribution in [0.25, 0.3) is 22.4 Å². The van der Waals surface area contributed by atoms with Crippen LogP contribution in [0.3, 0.4) is 0 Å². The van der Waals surface area contributed by atoms with E-state index in [0.717, 1.165) is 33.7 Å². The number of benzene rings is 2. The Hall–Kier alpha value is -2.29. The molecule has 3 nitrogen and oxygen atoms in total. The zero-order valence-corrected chi connectivity index (χ0v) is 11.4. The molecular weight excluding hydrogens is 234 g/mol. The second kappa shape index (κ2) is 4.12. The number of aryl methyl sites for hydroxylation is 3. The van der Waals surface area contributed by atoms with E-state index in [1.807, 2.05) is 12.1 Å². The van der Waals surface area contributed by atoms with Gasteiger partial charge in [0.15, 0.2) is 0 Å². The van der Waals surface area contributed by atoms with Gasteiger partial charge in [0, 0.05) is 11.3 Å². The average Bonchev–Trinajstić information content (AvgIpc) is 2.72. The van der Waals surface area contributed by atoms with E-state index in [9.17, 15) is 0 Å². The number of nitrogens with two attached hydrogens (primary N) is 1. The van der Waals surface area contributed by atoms with Crippen molar-refractivity contribution < 1.29 is 0 Å². The number of nitrogens with zero attached hydrogens (tertiary/aromatic N) is 1. The zero-order chi connectivity index (χ0) is 13.6. The van der Waals surface area contributed by atoms with E-state index >= 15 is 0 Å². The van der Waals surface area contributed by atoms with Gasteiger partial charge < -0.3 is 10.7 Å². The lowest BCUT2D eigenvalue weighted by molar-refractivity contribution is 1.30. The van der Waals surface area contributed by atoms with E-state index in [1.54, 1.807) is 0 Å². The molecule has 0 fully saturated rings. The molecule has 0 radical (unpaired) electrons. The number of H-pyrrole nitrogens is 1. The Morgan fingerprint density at radius 1 is 1.05 bits per heavy atom. The van der Waals surface area contributed by atoms with E-state index in [-0.39, 0.29) is 0 Å². The quantitative estimate of drug-likeness (QED) is 0.647. The number of aromatic amines is 1. The van der Waals surface area contributed by atoms with Gasteiger partial charge in [0.2, 0.25) is 0 Å². The van der Waals surface area contributed by atoms with Gasteiger partial charge in [-0.25, -0.2) is 4.98 Å². The number of nitrogens with one attached hydrogen (secondary N) is 1. The number of nitrogen functional groups attached to an aromatic ring is 1. The van der Waals surface area contributed by atoms with E-state index in [4.69, 9.17) is 10.7 Å². The molecule has 0 spiro atoms. The highest BCUT2D eigenvalue weighted by Crippen LogP contribution is 2.30. The molecule has 0 aliphatic rings. The summed E-state index contributed by atoms with van der Waals surface area (Å²) < 4.78 is 0. The molecule has 19 heavy (non-hydrogen) atoms. The summed E-state index contributed by atoms with van der Waals surface area (Å²) in [6.45, 7) is 6.23. The van der Waals surface area contributed by atoms with E-state index < -0.39 is 0 Å². The van der Waals surface area contributed by atoms with Crippen LogP contribution < -0.4 is 5.73 Å². The molecule has 1 heterocycles. The molecule has 0 unspecified atom stereocenters. The summed E-state index contributed by atoms with van der Waals surface area (Å²) in [7, 11) is 0. The first-order chi connectivity index (χ1) is 9.06. The minimum absolute atomic E-state index is 0.758. The maximum absolute atomic E-state index is 6.08. The van der Waals surface area contributed by atoms with Gasteiger partial charge in [-0.05, 0) is 49.6 Å². The summed E-state index contributed by atoms with van der Waals surface area (Å²) in [6, 6.07) is 10.2. The number of fused-ring (bicyclic) bond motifs is 1. The summed E-state index contributed by atoms with van der Waals surface area (Å²) in [4.78, 5) is 8.09. The molecular formula is C16H17N3. The third kappa shape index (κ3) is 1.87. The minimum Gasteiger partial charge on any atom is -0.398 e. The molecule has 3 heteroatoms. The van der Waals surface area contributed by atoms with Gasteiger partial charge in [-0.3, -0.25) is 0 Å². The maximum atomic E-state index is 6.08. The Morgan fingerprint density at radius 2 is 1.84 bits per heavy atom. The van der Waals surface area contributed by atoms with Crippen molar-refractivity contribution in [2.24, 2.45) is 0 Å². The molecule has 0 aliphatic carbocycles. The molecule has 96 valence electrons. The van der Waals surface area contributed by atoms with E-state index in [1.165, 1.54) is 11.1 Å². The first-order valence-corrected chi connectivity index (χ1v) is 6.38. The number of rotatable bonds is 1. The van der Waals surface area contributed by atoms with Crippen LogP contribution in [0.1, 0.15) is 16.7 Å². The first kappa shape index (κ1) is 11.8. The molecule has 0 saturated carbocycles. The van der Waals surface area contributed by atoms with Crippen LogP contribution in [0, 0.1) is 20.8 Å². The van der Waals surface area contributed by atoms with Crippen LogP contribution in [-0.4, -0.2) is 9.97 Å². The van der Waals surface area contributed by atoms with Crippen molar-refractivity contribution in [2.75, 3.05) is 5.73 Å². The standard InChI is InChI=1S/C16H17N3/c1-9-7-11(3)15-13(8-9)18-16(19-15)14-10(2)5-4-6-12(14)17/h4-8H,17H2,1-3H3,(H,18,19). The Balaban J connectivity index is 2.30. The fourth-order valence-electron chi connectivity index (χ4n) is 2.60. The van der Waals surface area contributed by atoms with Gasteiger partial charge in [0.1, 0.15) is 5.82 Å². The van der Waals surface area contributed by atoms with Crippen LogP contribution in [0.4, 0.5) is 5.69 Å². The van der Waals surface area contributed by atoms with Crippen LogP contribution in [-0.2, 0) is 0 Å². The molecule has 0 saturated heterocycles. The monoisotopic (exact) mass is 251 g/mol. The normalized spacial score (nSPS) is 11.1. The van der Waals surface area contributed by atoms with Crippen molar-refractivity contribution in [3.05, 3.63) is 47.0 Å². The molecule has 1 aromatic heterocycles. The highest BCUT2D eigenvalue weighted by atomic mass is 14.9. The second-order valence-electron chi connectivity index (χ2n) is 5.10. The third-order valence-electron chi connectivity index (χ3n) is 3.46. The molecule has 0 bridgehead atoms. The molecule has 3 N–H and O–H groups in total. The lowest BCUT2D eigenvalue weighted by Gasteiger charge is -2.05. The number of anilines is 1. The fourth-order valence-corrected chi connectivity index (χ4v) is 2.60. The SMILES string of the molecule is Cc1cc(C)c2nc(-c3c(C)cccc3N)[nH]c2c1. The minimum atomic E-state index is 0.758. The predicted octanol–water partition coefficient (Wildman–Crippen LogP) is 3.74. The second-order valence-corrected chi connectivity index (χ2v) is 5.10. The van der Waals surface area contributed by atoms with E-state index in [2.05, 4.69) is 44.0 Å². The smallest absolute Gasteiger partial charge is 0.140 e. The van der Waals surface area contributed by atoms with Gasteiger partial charge in [-0.2, -0.15) is 0 Å². The van der Waals surface area contributed by atoms with Crippen LogP contribution in [0.2, 0.25) is 0 Å². The zero-order valence-electron chi connectivity index (χ0n) is 11.4. The van der Waals surface area contributed by atoms with Gasteiger partial charge in [0.25, 0.3) is 0 Å². The van der Waals surface area contributed by atoms with Gasteiger partial charge in [-0.1, -0.05) is 18.2 Å². The lowest BCUT2D eigenvalue weighted by atomic mass is 10.1. The fraction of sp³-hybridized carbons (Fsp3) is 0.188. The van der Waals surface area contributed by atoms with Crippen molar-refractivity contribution in [1.29, 1.82) is 0 Å². The van der Waals surface area contributed by atoms with Crippen molar-refractivity contribution in [1.82, 2.24) is 9.97 Å². The van der Waals surface area contributed by atoms with Gasteiger partial charge in [0.05, 0.1) is 11.0 Å². The first-order valence-electron chi connectivity index (χ1n) is 6.38. The van der Waals surface area contributed by atoms with Gasteiger partial charge >= 0.3 is 0 Å². The van der Waals surface area contributed by atoms with Crippen molar-refractivity contribution in [2.45, 2.75) is 20.8 Å². The summed E-state index contributed by atoms with van der Waals surface area (Å²) in [5, 5.41) is 0. The number of hydrogen-bond acceptors (Lipinski definition) is 2. The average molecular weight is 251 g/mol. The largest absolute Gasteiger partial charge is 0.398 e. The van der Waals surface area contributed by atoms with Crippen molar-refractivity contribution >= 4 is 16.7 Å². The molecule has 2 aromatic carbocycles. The third-order valence-corrected chi connectivity index (χ3v) is 3.46. The van der Waals surface area contributed by atoms with Crippen LogP contribution in [0.5, 0.6) is 0 Å². The molecule has 3 rings (SSSR count). The van der Waals surface area contributed by atoms with E-state index in [0.29, 0.717) is 0 Å². The van der Waals surface area contributed by atoms with Gasteiger partial charge in [-0.15, -0.1) is 0 Å². The molecule has 0 amide bonds. The Labute approximate surface area is 112 Å².